The Bertz CT molecular complexity index is 755. The lowest BCUT2D eigenvalue weighted by atomic mass is 9.88. The summed E-state index contributed by atoms with van der Waals surface area (Å²) in [7, 11) is 1.52. The van der Waals surface area contributed by atoms with Crippen molar-refractivity contribution in [1.29, 1.82) is 0 Å². The highest BCUT2D eigenvalue weighted by Crippen LogP contribution is 2.34. The highest BCUT2D eigenvalue weighted by Gasteiger charge is 2.27. The number of nitrogens with zero attached hydrogens (tertiary/aromatic N) is 1. The zero-order valence-electron chi connectivity index (χ0n) is 11.2. The molecule has 2 aromatic rings. The minimum Gasteiger partial charge on any atom is -0.505 e. The highest BCUT2D eigenvalue weighted by atomic mass is 19.1. The number of aromatic hydroxyl groups is 1. The molecule has 4 nitrogen and oxygen atoms in total. The number of ether oxygens (including phenoxy) is 1. The maximum absolute atomic E-state index is 13.5. The van der Waals surface area contributed by atoms with Gasteiger partial charge in [0, 0.05) is 11.8 Å². The molecule has 1 aliphatic rings. The topological polar surface area (TPSA) is 58.9 Å². The van der Waals surface area contributed by atoms with Gasteiger partial charge in [0.15, 0.2) is 17.3 Å². The first kappa shape index (κ1) is 13.3. The van der Waals surface area contributed by atoms with Crippen LogP contribution in [0.25, 0.3) is 0 Å². The van der Waals surface area contributed by atoms with Gasteiger partial charge >= 0.3 is 0 Å². The maximum atomic E-state index is 13.5. The van der Waals surface area contributed by atoms with E-state index in [1.54, 1.807) is 18.2 Å². The van der Waals surface area contributed by atoms with Crippen molar-refractivity contribution in [3.8, 4) is 11.5 Å². The van der Waals surface area contributed by atoms with Crippen molar-refractivity contribution < 1.29 is 19.0 Å². The van der Waals surface area contributed by atoms with Crippen LogP contribution in [0.3, 0.4) is 0 Å². The molecule has 0 saturated carbocycles. The average Bonchev–Trinajstić information content (AvgIpc) is 2.50. The molecule has 0 spiro atoms. The molecule has 0 radical (unpaired) electrons. The van der Waals surface area contributed by atoms with E-state index in [9.17, 15) is 14.3 Å². The summed E-state index contributed by atoms with van der Waals surface area (Å²) in [5.41, 5.74) is 1.46. The number of halogens is 1. The van der Waals surface area contributed by atoms with Crippen molar-refractivity contribution in [2.24, 2.45) is 4.99 Å². The highest BCUT2D eigenvalue weighted by molar-refractivity contribution is 6.16. The van der Waals surface area contributed by atoms with Gasteiger partial charge in [-0.3, -0.25) is 9.79 Å². The van der Waals surface area contributed by atoms with Gasteiger partial charge in [-0.2, -0.15) is 0 Å². The van der Waals surface area contributed by atoms with Crippen molar-refractivity contribution in [2.45, 2.75) is 5.92 Å². The first-order valence-corrected chi connectivity index (χ1v) is 6.35. The Hall–Kier alpha value is -2.69. The Morgan fingerprint density at radius 1 is 1.24 bits per heavy atom. The van der Waals surface area contributed by atoms with Crippen LogP contribution in [-0.2, 0) is 0 Å². The predicted octanol–water partition coefficient (Wildman–Crippen LogP) is 3.22. The van der Waals surface area contributed by atoms with Crippen LogP contribution < -0.4 is 4.74 Å². The quantitative estimate of drug-likeness (QED) is 0.921. The Morgan fingerprint density at radius 3 is 2.76 bits per heavy atom. The summed E-state index contributed by atoms with van der Waals surface area (Å²) in [5, 5.41) is 9.22. The first-order chi connectivity index (χ1) is 10.1. The third kappa shape index (κ3) is 2.27. The van der Waals surface area contributed by atoms with E-state index in [1.165, 1.54) is 25.5 Å². The van der Waals surface area contributed by atoms with Crippen LogP contribution >= 0.6 is 0 Å². The van der Waals surface area contributed by atoms with E-state index in [0.717, 1.165) is 6.07 Å². The molecule has 0 saturated heterocycles. The number of benzene rings is 2. The number of ketones is 1. The number of phenols is 1. The fourth-order valence-electron chi connectivity index (χ4n) is 2.30. The van der Waals surface area contributed by atoms with Crippen LogP contribution in [-0.4, -0.2) is 24.2 Å². The lowest BCUT2D eigenvalue weighted by molar-refractivity contribution is 0.0982. The minimum atomic E-state index is -0.759. The number of Topliss-reactive ketones (excluding diaryl/α,β-unsaturated/α-hetero) is 1. The second-order valence-electron chi connectivity index (χ2n) is 4.71. The molecule has 1 aliphatic heterocycles. The largest absolute Gasteiger partial charge is 0.505 e. The Balaban J connectivity index is 2.03. The Morgan fingerprint density at radius 2 is 2.05 bits per heavy atom. The van der Waals surface area contributed by atoms with E-state index < -0.39 is 17.5 Å². The molecular formula is C16H12FNO3. The molecule has 0 amide bonds. The summed E-state index contributed by atoms with van der Waals surface area (Å²) in [5.74, 6) is -1.48. The van der Waals surface area contributed by atoms with Crippen molar-refractivity contribution in [1.82, 2.24) is 0 Å². The first-order valence-electron chi connectivity index (χ1n) is 6.35. The van der Waals surface area contributed by atoms with E-state index in [4.69, 9.17) is 4.74 Å². The van der Waals surface area contributed by atoms with Gasteiger partial charge in [0.05, 0.1) is 18.7 Å². The normalized spacial score (nSPS) is 16.7. The van der Waals surface area contributed by atoms with E-state index >= 15 is 0 Å². The molecule has 5 heteroatoms. The minimum absolute atomic E-state index is 0.177. The van der Waals surface area contributed by atoms with Crippen molar-refractivity contribution in [3.05, 3.63) is 53.3 Å². The molecule has 1 unspecified atom stereocenters. The molecule has 0 aromatic heterocycles. The molecule has 1 atom stereocenters. The monoisotopic (exact) mass is 285 g/mol. The van der Waals surface area contributed by atoms with Gasteiger partial charge in [0.1, 0.15) is 5.75 Å². The number of rotatable bonds is 2. The molecule has 2 aromatic carbocycles. The smallest absolute Gasteiger partial charge is 0.177 e. The molecule has 0 fully saturated rings. The number of hydrogen-bond acceptors (Lipinski definition) is 4. The molecule has 1 N–H and O–H groups in total. The van der Waals surface area contributed by atoms with Gasteiger partial charge in [-0.25, -0.2) is 4.39 Å². The maximum Gasteiger partial charge on any atom is 0.177 e. The zero-order chi connectivity index (χ0) is 15.0. The standard InChI is InChI=1S/C16H12FNO3/c1-21-10-3-4-14-11(7-10)16(20)12(8-18-14)9-2-5-15(19)13(17)6-9/h2-8,12,19H,1H3. The predicted molar refractivity (Wildman–Crippen MR) is 76.3 cm³/mol. The number of fused-ring (bicyclic) bond motifs is 1. The lowest BCUT2D eigenvalue weighted by Gasteiger charge is -2.18. The van der Waals surface area contributed by atoms with Gasteiger partial charge in [0.2, 0.25) is 0 Å². The number of phenolic OH excluding ortho intramolecular Hbond substituents is 1. The summed E-state index contributed by atoms with van der Waals surface area (Å²) < 4.78 is 18.6. The van der Waals surface area contributed by atoms with Crippen LogP contribution in [0.1, 0.15) is 21.8 Å². The second kappa shape index (κ2) is 5.01. The number of carbonyl (C=O) groups is 1. The molecule has 106 valence electrons. The molecule has 21 heavy (non-hydrogen) atoms. The van der Waals surface area contributed by atoms with Crippen LogP contribution in [0.15, 0.2) is 41.4 Å². The fourth-order valence-corrected chi connectivity index (χ4v) is 2.30. The lowest BCUT2D eigenvalue weighted by Crippen LogP contribution is -2.18. The van der Waals surface area contributed by atoms with Crippen molar-refractivity contribution in [3.63, 3.8) is 0 Å². The number of carbonyl (C=O) groups excluding carboxylic acids is 1. The van der Waals surface area contributed by atoms with Crippen LogP contribution in [0, 0.1) is 5.82 Å². The molecule has 3 rings (SSSR count). The number of methoxy groups -OCH3 is 1. The van der Waals surface area contributed by atoms with E-state index in [2.05, 4.69) is 4.99 Å². The van der Waals surface area contributed by atoms with E-state index in [1.807, 2.05) is 0 Å². The summed E-state index contributed by atoms with van der Waals surface area (Å²) in [4.78, 5) is 16.8. The number of hydrogen-bond donors (Lipinski definition) is 1. The Labute approximate surface area is 120 Å². The third-order valence-electron chi connectivity index (χ3n) is 3.45. The van der Waals surface area contributed by atoms with Crippen molar-refractivity contribution >= 4 is 17.7 Å². The van der Waals surface area contributed by atoms with Crippen LogP contribution in [0.5, 0.6) is 11.5 Å². The molecule has 1 heterocycles. The summed E-state index contributed by atoms with van der Waals surface area (Å²) in [6, 6.07) is 8.94. The van der Waals surface area contributed by atoms with Crippen molar-refractivity contribution in [2.75, 3.05) is 7.11 Å². The third-order valence-corrected chi connectivity index (χ3v) is 3.45. The fraction of sp³-hybridized carbons (Fsp3) is 0.125. The second-order valence-corrected chi connectivity index (χ2v) is 4.71. The van der Waals surface area contributed by atoms with Gasteiger partial charge in [-0.15, -0.1) is 0 Å². The summed E-state index contributed by atoms with van der Waals surface area (Å²) >= 11 is 0. The van der Waals surface area contributed by atoms with E-state index in [0.29, 0.717) is 22.6 Å². The summed E-state index contributed by atoms with van der Waals surface area (Å²) in [6.07, 6.45) is 1.49. The van der Waals surface area contributed by atoms with E-state index in [-0.39, 0.29) is 5.78 Å². The SMILES string of the molecule is COc1ccc2c(c1)C(=O)C(c1ccc(O)c(F)c1)C=N2. The van der Waals surface area contributed by atoms with Gasteiger partial charge in [-0.1, -0.05) is 6.07 Å². The molecule has 0 bridgehead atoms. The van der Waals surface area contributed by atoms with Crippen LogP contribution in [0.4, 0.5) is 10.1 Å². The Kier molecular flexibility index (Phi) is 3.17. The molecular weight excluding hydrogens is 273 g/mol. The van der Waals surface area contributed by atoms with Crippen LogP contribution in [0.2, 0.25) is 0 Å². The zero-order valence-corrected chi connectivity index (χ0v) is 11.2. The number of aliphatic imine (C=N–C) groups is 1. The van der Waals surface area contributed by atoms with Gasteiger partial charge in [0.25, 0.3) is 0 Å². The summed E-state index contributed by atoms with van der Waals surface area (Å²) in [6.45, 7) is 0. The molecule has 0 aliphatic carbocycles. The van der Waals surface area contributed by atoms with Gasteiger partial charge < -0.3 is 9.84 Å². The average molecular weight is 285 g/mol. The van der Waals surface area contributed by atoms with Gasteiger partial charge in [-0.05, 0) is 35.9 Å².